The third kappa shape index (κ3) is 3.93. The van der Waals surface area contributed by atoms with Gasteiger partial charge in [-0.05, 0) is 37.6 Å². The van der Waals surface area contributed by atoms with Gasteiger partial charge >= 0.3 is 0 Å². The molecule has 5 nitrogen and oxygen atoms in total. The number of halogens is 1. The summed E-state index contributed by atoms with van der Waals surface area (Å²) in [5.41, 5.74) is 2.68. The number of benzene rings is 3. The molecular formula is C27H25FN4O. The molecule has 0 spiro atoms. The predicted molar refractivity (Wildman–Crippen MR) is 129 cm³/mol. The highest BCUT2D eigenvalue weighted by molar-refractivity contribution is 6.00. The fourth-order valence-corrected chi connectivity index (χ4v) is 4.48. The summed E-state index contributed by atoms with van der Waals surface area (Å²) in [7, 11) is 0. The van der Waals surface area contributed by atoms with E-state index in [0.717, 1.165) is 16.6 Å². The Morgan fingerprint density at radius 2 is 1.67 bits per heavy atom. The standard InChI is InChI=1S/C27H25FN4O/c1-18-12-13-21(16-24(18)28)25-22-10-6-7-11-23(22)26(30-29-25)32-15-14-31(17-19(32)2)27(33)20-8-4-3-5-9-20/h3-13,16,19H,14-15,17H2,1-2H3. The van der Waals surface area contributed by atoms with Gasteiger partial charge in [0, 0.05) is 47.6 Å². The topological polar surface area (TPSA) is 49.3 Å². The van der Waals surface area contributed by atoms with Crippen molar-refractivity contribution in [3.63, 3.8) is 0 Å². The van der Waals surface area contributed by atoms with Gasteiger partial charge in [0.25, 0.3) is 5.91 Å². The first kappa shape index (κ1) is 21.1. The molecule has 1 saturated heterocycles. The molecule has 0 N–H and O–H groups in total. The van der Waals surface area contributed by atoms with Gasteiger partial charge in [-0.3, -0.25) is 4.79 Å². The molecule has 1 atom stereocenters. The third-order valence-electron chi connectivity index (χ3n) is 6.32. The van der Waals surface area contributed by atoms with Crippen molar-refractivity contribution in [2.24, 2.45) is 0 Å². The van der Waals surface area contributed by atoms with E-state index in [9.17, 15) is 9.18 Å². The molecule has 0 aliphatic carbocycles. The number of hydrogen-bond acceptors (Lipinski definition) is 4. The zero-order chi connectivity index (χ0) is 22.9. The molecule has 1 aromatic heterocycles. The molecule has 33 heavy (non-hydrogen) atoms. The molecule has 1 aliphatic heterocycles. The Labute approximate surface area is 192 Å². The number of nitrogens with zero attached hydrogens (tertiary/aromatic N) is 4. The highest BCUT2D eigenvalue weighted by Gasteiger charge is 2.29. The van der Waals surface area contributed by atoms with Crippen molar-refractivity contribution in [1.29, 1.82) is 0 Å². The lowest BCUT2D eigenvalue weighted by atomic mass is 10.0. The quantitative estimate of drug-likeness (QED) is 0.445. The minimum Gasteiger partial charge on any atom is -0.348 e. The molecule has 1 fully saturated rings. The van der Waals surface area contributed by atoms with Gasteiger partial charge in [-0.25, -0.2) is 4.39 Å². The minimum atomic E-state index is -0.254. The highest BCUT2D eigenvalue weighted by atomic mass is 19.1. The van der Waals surface area contributed by atoms with Crippen LogP contribution in [0.15, 0.2) is 72.8 Å². The van der Waals surface area contributed by atoms with E-state index in [4.69, 9.17) is 0 Å². The van der Waals surface area contributed by atoms with Gasteiger partial charge in [-0.2, -0.15) is 0 Å². The Morgan fingerprint density at radius 3 is 2.39 bits per heavy atom. The van der Waals surface area contributed by atoms with Crippen LogP contribution in [-0.2, 0) is 0 Å². The van der Waals surface area contributed by atoms with Crippen LogP contribution in [0.4, 0.5) is 10.2 Å². The van der Waals surface area contributed by atoms with Crippen LogP contribution < -0.4 is 4.90 Å². The fourth-order valence-electron chi connectivity index (χ4n) is 4.48. The number of fused-ring (bicyclic) bond motifs is 1. The summed E-state index contributed by atoms with van der Waals surface area (Å²) in [4.78, 5) is 17.0. The monoisotopic (exact) mass is 440 g/mol. The Balaban J connectivity index is 1.46. The maximum Gasteiger partial charge on any atom is 0.253 e. The van der Waals surface area contributed by atoms with E-state index in [1.54, 1.807) is 13.0 Å². The van der Waals surface area contributed by atoms with Crippen LogP contribution in [0, 0.1) is 12.7 Å². The second kappa shape index (κ2) is 8.62. The summed E-state index contributed by atoms with van der Waals surface area (Å²) in [6, 6.07) is 22.6. The smallest absolute Gasteiger partial charge is 0.253 e. The van der Waals surface area contributed by atoms with Gasteiger partial charge in [0.1, 0.15) is 11.5 Å². The molecule has 2 heterocycles. The Morgan fingerprint density at radius 1 is 0.939 bits per heavy atom. The number of aryl methyl sites for hydroxylation is 1. The molecular weight excluding hydrogens is 415 g/mol. The molecule has 0 saturated carbocycles. The largest absolute Gasteiger partial charge is 0.348 e. The molecule has 5 rings (SSSR count). The van der Waals surface area contributed by atoms with Crippen molar-refractivity contribution < 1.29 is 9.18 Å². The molecule has 1 amide bonds. The van der Waals surface area contributed by atoms with E-state index >= 15 is 0 Å². The lowest BCUT2D eigenvalue weighted by Gasteiger charge is -2.40. The molecule has 0 radical (unpaired) electrons. The van der Waals surface area contributed by atoms with Crippen molar-refractivity contribution in [2.45, 2.75) is 19.9 Å². The van der Waals surface area contributed by atoms with Crippen LogP contribution in [0.3, 0.4) is 0 Å². The summed E-state index contributed by atoms with van der Waals surface area (Å²) in [5.74, 6) is 0.589. The maximum absolute atomic E-state index is 14.2. The first-order valence-electron chi connectivity index (χ1n) is 11.2. The van der Waals surface area contributed by atoms with Crippen LogP contribution in [0.5, 0.6) is 0 Å². The van der Waals surface area contributed by atoms with Crippen LogP contribution >= 0.6 is 0 Å². The fraction of sp³-hybridized carbons (Fsp3) is 0.222. The lowest BCUT2D eigenvalue weighted by Crippen LogP contribution is -2.54. The molecule has 166 valence electrons. The number of hydrogen-bond donors (Lipinski definition) is 0. The Hall–Kier alpha value is -3.80. The summed E-state index contributed by atoms with van der Waals surface area (Å²) in [5, 5.41) is 11.0. The average Bonchev–Trinajstić information content (AvgIpc) is 2.85. The Bertz CT molecular complexity index is 1320. The van der Waals surface area contributed by atoms with Crippen LogP contribution in [0.25, 0.3) is 22.0 Å². The van der Waals surface area contributed by atoms with Crippen LogP contribution in [-0.4, -0.2) is 46.7 Å². The van der Waals surface area contributed by atoms with Gasteiger partial charge in [-0.1, -0.05) is 54.6 Å². The number of aromatic nitrogens is 2. The SMILES string of the molecule is Cc1ccc(-c2nnc(N3CCN(C(=O)c4ccccc4)CC3C)c3ccccc23)cc1F. The van der Waals surface area contributed by atoms with Crippen molar-refractivity contribution in [3.05, 3.63) is 89.7 Å². The lowest BCUT2D eigenvalue weighted by molar-refractivity contribution is 0.0726. The van der Waals surface area contributed by atoms with Crippen molar-refractivity contribution in [2.75, 3.05) is 24.5 Å². The van der Waals surface area contributed by atoms with E-state index in [-0.39, 0.29) is 17.8 Å². The highest BCUT2D eigenvalue weighted by Crippen LogP contribution is 2.33. The van der Waals surface area contributed by atoms with Crippen molar-refractivity contribution >= 4 is 22.5 Å². The number of carbonyl (C=O) groups excluding carboxylic acids is 1. The van der Waals surface area contributed by atoms with Crippen LogP contribution in [0.1, 0.15) is 22.8 Å². The van der Waals surface area contributed by atoms with E-state index in [0.29, 0.717) is 42.0 Å². The zero-order valence-electron chi connectivity index (χ0n) is 18.7. The molecule has 6 heteroatoms. The average molecular weight is 441 g/mol. The molecule has 3 aromatic carbocycles. The molecule has 0 bridgehead atoms. The number of rotatable bonds is 3. The minimum absolute atomic E-state index is 0.0507. The normalized spacial score (nSPS) is 16.3. The number of amides is 1. The summed E-state index contributed by atoms with van der Waals surface area (Å²) in [6.45, 7) is 5.73. The van der Waals surface area contributed by atoms with Crippen molar-refractivity contribution in [1.82, 2.24) is 15.1 Å². The van der Waals surface area contributed by atoms with Gasteiger partial charge in [0.15, 0.2) is 5.82 Å². The first-order valence-corrected chi connectivity index (χ1v) is 11.2. The summed E-state index contributed by atoms with van der Waals surface area (Å²) in [6.07, 6.45) is 0. The van der Waals surface area contributed by atoms with Gasteiger partial charge in [0.2, 0.25) is 0 Å². The predicted octanol–water partition coefficient (Wildman–Crippen LogP) is 5.10. The number of piperazine rings is 1. The van der Waals surface area contributed by atoms with E-state index in [1.165, 1.54) is 6.07 Å². The van der Waals surface area contributed by atoms with Gasteiger partial charge < -0.3 is 9.80 Å². The van der Waals surface area contributed by atoms with Crippen LogP contribution in [0.2, 0.25) is 0 Å². The van der Waals surface area contributed by atoms with Gasteiger partial charge in [-0.15, -0.1) is 10.2 Å². The summed E-state index contributed by atoms with van der Waals surface area (Å²) >= 11 is 0. The molecule has 4 aromatic rings. The van der Waals surface area contributed by atoms with E-state index < -0.39 is 0 Å². The van der Waals surface area contributed by atoms with E-state index in [1.807, 2.05) is 65.6 Å². The van der Waals surface area contributed by atoms with Crippen molar-refractivity contribution in [3.8, 4) is 11.3 Å². The van der Waals surface area contributed by atoms with E-state index in [2.05, 4.69) is 22.0 Å². The third-order valence-corrected chi connectivity index (χ3v) is 6.32. The van der Waals surface area contributed by atoms with Gasteiger partial charge in [0.05, 0.1) is 0 Å². The molecule has 1 unspecified atom stereocenters. The Kier molecular flexibility index (Phi) is 5.50. The zero-order valence-corrected chi connectivity index (χ0v) is 18.7. The first-order chi connectivity index (χ1) is 16.0. The maximum atomic E-state index is 14.2. The molecule has 1 aliphatic rings. The second-order valence-electron chi connectivity index (χ2n) is 8.54. The number of anilines is 1. The second-order valence-corrected chi connectivity index (χ2v) is 8.54. The summed E-state index contributed by atoms with van der Waals surface area (Å²) < 4.78 is 14.2. The number of carbonyl (C=O) groups is 1.